The number of rotatable bonds is 5. The van der Waals surface area contributed by atoms with Crippen LogP contribution in [0, 0.1) is 0 Å². The molecule has 1 aromatic rings. The van der Waals surface area contributed by atoms with E-state index in [4.69, 9.17) is 5.73 Å². The third kappa shape index (κ3) is 12.8. The van der Waals surface area contributed by atoms with Gasteiger partial charge < -0.3 is 21.4 Å². The summed E-state index contributed by atoms with van der Waals surface area (Å²) >= 11 is 0. The average molecular weight is 298 g/mol. The maximum atomic E-state index is 10.9. The molecule has 0 fully saturated rings. The molecular weight excluding hydrogens is 268 g/mol. The number of nitrogens with one attached hydrogen (secondary N) is 3. The lowest BCUT2D eigenvalue weighted by molar-refractivity contribution is 0.0996. The Labute approximate surface area is 127 Å². The molecule has 0 aliphatic rings. The summed E-state index contributed by atoms with van der Waals surface area (Å²) in [6, 6.07) is 3.57. The van der Waals surface area contributed by atoms with Crippen molar-refractivity contribution in [3.05, 3.63) is 24.0 Å². The number of nitrogens with two attached hydrogens (primary N) is 1. The Balaban J connectivity index is 0. The Morgan fingerprint density at radius 1 is 1.33 bits per heavy atom. The molecule has 21 heavy (non-hydrogen) atoms. The molecule has 0 saturated heterocycles. The minimum atomic E-state index is -0.421. The summed E-state index contributed by atoms with van der Waals surface area (Å²) < 4.78 is 0. The predicted molar refractivity (Wildman–Crippen MR) is 87.2 cm³/mol. The molecule has 0 saturated carbocycles. The molecule has 0 radical (unpaired) electrons. The first kappa shape index (κ1) is 21.3. The van der Waals surface area contributed by atoms with Gasteiger partial charge in [0.05, 0.1) is 0 Å². The number of hydrogen-bond donors (Lipinski definition) is 4. The SMILES string of the molecule is CC.CCC[C@H](C)NC(=O)NCC.NC(=O)c1ccc[nH]1. The number of primary amides is 1. The van der Waals surface area contributed by atoms with Crippen molar-refractivity contribution in [2.45, 2.75) is 53.5 Å². The third-order valence-corrected chi connectivity index (χ3v) is 2.30. The largest absolute Gasteiger partial charge is 0.364 e. The van der Waals surface area contributed by atoms with E-state index in [0.717, 1.165) is 12.8 Å². The summed E-state index contributed by atoms with van der Waals surface area (Å²) in [5, 5.41) is 5.52. The van der Waals surface area contributed by atoms with Gasteiger partial charge in [-0.3, -0.25) is 4.79 Å². The number of urea groups is 1. The second kappa shape index (κ2) is 14.4. The zero-order valence-electron chi connectivity index (χ0n) is 13.8. The van der Waals surface area contributed by atoms with Gasteiger partial charge in [0, 0.05) is 18.8 Å². The molecule has 1 heterocycles. The Kier molecular flexibility index (Phi) is 14.6. The molecule has 1 atom stereocenters. The van der Waals surface area contributed by atoms with Crippen molar-refractivity contribution in [1.29, 1.82) is 0 Å². The topological polar surface area (TPSA) is 100 Å². The summed E-state index contributed by atoms with van der Waals surface area (Å²) in [5.41, 5.74) is 5.34. The quantitative estimate of drug-likeness (QED) is 0.671. The molecular formula is C15H30N4O2. The molecule has 1 aromatic heterocycles. The second-order valence-electron chi connectivity index (χ2n) is 4.14. The highest BCUT2D eigenvalue weighted by Gasteiger charge is 2.03. The summed E-state index contributed by atoms with van der Waals surface area (Å²) in [7, 11) is 0. The lowest BCUT2D eigenvalue weighted by Gasteiger charge is -2.12. The fourth-order valence-corrected chi connectivity index (χ4v) is 1.42. The molecule has 1 rings (SSSR count). The molecule has 0 unspecified atom stereocenters. The lowest BCUT2D eigenvalue weighted by Crippen LogP contribution is -2.40. The molecule has 0 aliphatic heterocycles. The average Bonchev–Trinajstić information content (AvgIpc) is 2.96. The summed E-state index contributed by atoms with van der Waals surface area (Å²) in [5.74, 6) is -0.421. The molecule has 122 valence electrons. The highest BCUT2D eigenvalue weighted by Crippen LogP contribution is 1.93. The fraction of sp³-hybridized carbons (Fsp3) is 0.600. The van der Waals surface area contributed by atoms with Crippen LogP contribution in [0.25, 0.3) is 0 Å². The van der Waals surface area contributed by atoms with Gasteiger partial charge in [0.15, 0.2) is 0 Å². The predicted octanol–water partition coefficient (Wildman–Crippen LogP) is 2.63. The lowest BCUT2D eigenvalue weighted by atomic mass is 10.2. The molecule has 6 nitrogen and oxygen atoms in total. The molecule has 5 N–H and O–H groups in total. The van der Waals surface area contributed by atoms with Gasteiger partial charge in [-0.05, 0) is 32.4 Å². The number of aromatic nitrogens is 1. The number of amides is 3. The Hall–Kier alpha value is -1.98. The maximum Gasteiger partial charge on any atom is 0.314 e. The van der Waals surface area contributed by atoms with Crippen molar-refractivity contribution in [3.63, 3.8) is 0 Å². The third-order valence-electron chi connectivity index (χ3n) is 2.30. The van der Waals surface area contributed by atoms with Gasteiger partial charge in [-0.25, -0.2) is 4.79 Å². The minimum Gasteiger partial charge on any atom is -0.364 e. The fourth-order valence-electron chi connectivity index (χ4n) is 1.42. The van der Waals surface area contributed by atoms with E-state index >= 15 is 0 Å². The number of carbonyl (C=O) groups is 2. The maximum absolute atomic E-state index is 10.9. The molecule has 3 amide bonds. The van der Waals surface area contributed by atoms with E-state index < -0.39 is 5.91 Å². The zero-order valence-corrected chi connectivity index (χ0v) is 13.8. The first-order chi connectivity index (χ1) is 10.0. The van der Waals surface area contributed by atoms with Crippen LogP contribution in [0.15, 0.2) is 18.3 Å². The van der Waals surface area contributed by atoms with E-state index in [2.05, 4.69) is 22.5 Å². The summed E-state index contributed by atoms with van der Waals surface area (Å²) in [6.45, 7) is 10.7. The molecule has 6 heteroatoms. The van der Waals surface area contributed by atoms with Crippen LogP contribution in [0.5, 0.6) is 0 Å². The molecule has 0 spiro atoms. The van der Waals surface area contributed by atoms with Crippen molar-refractivity contribution < 1.29 is 9.59 Å². The van der Waals surface area contributed by atoms with Crippen molar-refractivity contribution in [2.24, 2.45) is 5.73 Å². The van der Waals surface area contributed by atoms with Crippen molar-refractivity contribution in [1.82, 2.24) is 15.6 Å². The normalized spacial score (nSPS) is 10.1. The highest BCUT2D eigenvalue weighted by molar-refractivity contribution is 5.90. The van der Waals surface area contributed by atoms with Crippen molar-refractivity contribution in [3.8, 4) is 0 Å². The van der Waals surface area contributed by atoms with E-state index in [1.165, 1.54) is 0 Å². The Bertz CT molecular complexity index is 364. The van der Waals surface area contributed by atoms with Crippen molar-refractivity contribution >= 4 is 11.9 Å². The van der Waals surface area contributed by atoms with Crippen LogP contribution < -0.4 is 16.4 Å². The van der Waals surface area contributed by atoms with Crippen LogP contribution in [-0.2, 0) is 0 Å². The Morgan fingerprint density at radius 3 is 2.29 bits per heavy atom. The van der Waals surface area contributed by atoms with Gasteiger partial charge in [0.1, 0.15) is 5.69 Å². The number of carbonyl (C=O) groups excluding carboxylic acids is 2. The van der Waals surface area contributed by atoms with E-state index in [0.29, 0.717) is 12.2 Å². The van der Waals surface area contributed by atoms with E-state index in [9.17, 15) is 9.59 Å². The molecule has 0 bridgehead atoms. The first-order valence-corrected chi connectivity index (χ1v) is 7.48. The number of H-pyrrole nitrogens is 1. The van der Waals surface area contributed by atoms with Gasteiger partial charge >= 0.3 is 6.03 Å². The van der Waals surface area contributed by atoms with Gasteiger partial charge in [-0.1, -0.05) is 27.2 Å². The summed E-state index contributed by atoms with van der Waals surface area (Å²) in [4.78, 5) is 23.8. The van der Waals surface area contributed by atoms with E-state index in [1.54, 1.807) is 18.3 Å². The Morgan fingerprint density at radius 2 is 1.95 bits per heavy atom. The number of aromatic amines is 1. The van der Waals surface area contributed by atoms with Crippen LogP contribution in [0.2, 0.25) is 0 Å². The monoisotopic (exact) mass is 298 g/mol. The van der Waals surface area contributed by atoms with Crippen molar-refractivity contribution in [2.75, 3.05) is 6.54 Å². The van der Waals surface area contributed by atoms with E-state index in [1.807, 2.05) is 27.7 Å². The number of hydrogen-bond acceptors (Lipinski definition) is 2. The first-order valence-electron chi connectivity index (χ1n) is 7.48. The smallest absolute Gasteiger partial charge is 0.314 e. The van der Waals surface area contributed by atoms with Gasteiger partial charge in [0.2, 0.25) is 0 Å². The second-order valence-corrected chi connectivity index (χ2v) is 4.14. The van der Waals surface area contributed by atoms with Crippen LogP contribution in [0.1, 0.15) is 57.9 Å². The van der Waals surface area contributed by atoms with Crippen LogP contribution in [0.4, 0.5) is 4.79 Å². The highest BCUT2D eigenvalue weighted by atomic mass is 16.2. The molecule has 0 aliphatic carbocycles. The van der Waals surface area contributed by atoms with Gasteiger partial charge in [-0.15, -0.1) is 0 Å². The van der Waals surface area contributed by atoms with Gasteiger partial charge in [0.25, 0.3) is 5.91 Å². The minimum absolute atomic E-state index is 0.0616. The van der Waals surface area contributed by atoms with Crippen LogP contribution in [-0.4, -0.2) is 29.5 Å². The standard InChI is InChI=1S/C8H18N2O.C5H6N2O.C2H6/c1-4-6-7(3)10-8(11)9-5-2;6-5(8)4-2-1-3-7-4;1-2/h7H,4-6H2,1-3H3,(H2,9,10,11);1-3,7H,(H2,6,8);1-2H3/t7-;;/m0../s1. The van der Waals surface area contributed by atoms with Crippen LogP contribution in [0.3, 0.4) is 0 Å². The van der Waals surface area contributed by atoms with E-state index in [-0.39, 0.29) is 12.1 Å². The summed E-state index contributed by atoms with van der Waals surface area (Å²) in [6.07, 6.45) is 3.80. The zero-order chi connectivity index (χ0) is 16.7. The van der Waals surface area contributed by atoms with Gasteiger partial charge in [-0.2, -0.15) is 0 Å². The molecule has 0 aromatic carbocycles. The van der Waals surface area contributed by atoms with Crippen LogP contribution >= 0.6 is 0 Å².